The Morgan fingerprint density at radius 2 is 1.92 bits per heavy atom. The summed E-state index contributed by atoms with van der Waals surface area (Å²) < 4.78 is 5.19. The summed E-state index contributed by atoms with van der Waals surface area (Å²) in [6.45, 7) is 4.62. The van der Waals surface area contributed by atoms with Gasteiger partial charge in [0.1, 0.15) is 5.75 Å². The van der Waals surface area contributed by atoms with E-state index in [1.807, 2.05) is 38.1 Å². The second-order valence-electron chi connectivity index (χ2n) is 6.21. The minimum absolute atomic E-state index is 0.130. The monoisotopic (exact) mass is 350 g/mol. The van der Waals surface area contributed by atoms with E-state index in [1.54, 1.807) is 36.3 Å². The Labute approximate surface area is 152 Å². The predicted octanol–water partition coefficient (Wildman–Crippen LogP) is 3.51. The quantitative estimate of drug-likeness (QED) is 0.766. The van der Waals surface area contributed by atoms with Gasteiger partial charge in [0.15, 0.2) is 0 Å². The number of rotatable bonds is 5. The fraction of sp³-hybridized carbons (Fsp3) is 0.238. The van der Waals surface area contributed by atoms with E-state index in [-0.39, 0.29) is 18.0 Å². The standard InChI is InChI=1S/C21H22N2O3/c1-4-23(21(25)16-9-6-10-18(12-16)26-3)13-17-11-15-8-5-7-14(2)19(15)22-20(17)24/h5-12H,4,13H2,1-3H3,(H,22,24). The summed E-state index contributed by atoms with van der Waals surface area (Å²) in [6.07, 6.45) is 0. The van der Waals surface area contributed by atoms with Gasteiger partial charge in [-0.15, -0.1) is 0 Å². The zero-order chi connectivity index (χ0) is 18.7. The van der Waals surface area contributed by atoms with Crippen molar-refractivity contribution < 1.29 is 9.53 Å². The lowest BCUT2D eigenvalue weighted by Gasteiger charge is -2.21. The fourth-order valence-corrected chi connectivity index (χ4v) is 3.02. The highest BCUT2D eigenvalue weighted by atomic mass is 16.5. The molecule has 0 fully saturated rings. The number of nitrogens with zero attached hydrogens (tertiary/aromatic N) is 1. The summed E-state index contributed by atoms with van der Waals surface area (Å²) in [5.41, 5.74) is 2.80. The number of carbonyl (C=O) groups excluding carboxylic acids is 1. The number of amides is 1. The molecule has 0 spiro atoms. The highest BCUT2D eigenvalue weighted by molar-refractivity contribution is 5.94. The molecule has 1 N–H and O–H groups in total. The minimum Gasteiger partial charge on any atom is -0.497 e. The van der Waals surface area contributed by atoms with Gasteiger partial charge in [-0.05, 0) is 49.1 Å². The molecule has 1 heterocycles. The first kappa shape index (κ1) is 17.7. The number of pyridine rings is 1. The van der Waals surface area contributed by atoms with Crippen molar-refractivity contribution in [1.82, 2.24) is 9.88 Å². The molecule has 1 aromatic heterocycles. The van der Waals surface area contributed by atoms with E-state index < -0.39 is 0 Å². The van der Waals surface area contributed by atoms with Gasteiger partial charge in [-0.3, -0.25) is 9.59 Å². The second-order valence-corrected chi connectivity index (χ2v) is 6.21. The Morgan fingerprint density at radius 1 is 1.15 bits per heavy atom. The number of para-hydroxylation sites is 1. The number of hydrogen-bond acceptors (Lipinski definition) is 3. The van der Waals surface area contributed by atoms with E-state index in [0.717, 1.165) is 16.5 Å². The number of carbonyl (C=O) groups is 1. The lowest BCUT2D eigenvalue weighted by atomic mass is 10.1. The van der Waals surface area contributed by atoms with E-state index >= 15 is 0 Å². The van der Waals surface area contributed by atoms with Crippen molar-refractivity contribution in [3.63, 3.8) is 0 Å². The maximum Gasteiger partial charge on any atom is 0.254 e. The Kier molecular flexibility index (Phi) is 5.07. The number of aromatic amines is 1. The first-order valence-corrected chi connectivity index (χ1v) is 8.58. The van der Waals surface area contributed by atoms with E-state index in [0.29, 0.717) is 23.4 Å². The summed E-state index contributed by atoms with van der Waals surface area (Å²) >= 11 is 0. The Bertz CT molecular complexity index is 1010. The first-order valence-electron chi connectivity index (χ1n) is 8.58. The molecule has 0 radical (unpaired) electrons. The van der Waals surface area contributed by atoms with Crippen molar-refractivity contribution in [2.24, 2.45) is 0 Å². The molecule has 0 saturated heterocycles. The number of aromatic nitrogens is 1. The summed E-state index contributed by atoms with van der Waals surface area (Å²) in [5.74, 6) is 0.501. The average molecular weight is 350 g/mol. The topological polar surface area (TPSA) is 62.4 Å². The summed E-state index contributed by atoms with van der Waals surface area (Å²) in [5, 5.41) is 0.962. The summed E-state index contributed by atoms with van der Waals surface area (Å²) in [7, 11) is 1.57. The van der Waals surface area contributed by atoms with E-state index in [1.165, 1.54) is 0 Å². The molecule has 0 bridgehead atoms. The third-order valence-electron chi connectivity index (χ3n) is 4.51. The molecule has 2 aromatic carbocycles. The Balaban J connectivity index is 1.92. The van der Waals surface area contributed by atoms with Crippen molar-refractivity contribution in [1.29, 1.82) is 0 Å². The Morgan fingerprint density at radius 3 is 2.65 bits per heavy atom. The predicted molar refractivity (Wildman–Crippen MR) is 103 cm³/mol. The van der Waals surface area contributed by atoms with Gasteiger partial charge in [0.2, 0.25) is 0 Å². The van der Waals surface area contributed by atoms with Gasteiger partial charge in [-0.2, -0.15) is 0 Å². The van der Waals surface area contributed by atoms with Crippen molar-refractivity contribution in [2.75, 3.05) is 13.7 Å². The highest BCUT2D eigenvalue weighted by Crippen LogP contribution is 2.18. The van der Waals surface area contributed by atoms with Crippen LogP contribution in [0.2, 0.25) is 0 Å². The van der Waals surface area contributed by atoms with Crippen LogP contribution in [0.3, 0.4) is 0 Å². The number of benzene rings is 2. The molecule has 5 heteroatoms. The van der Waals surface area contributed by atoms with Crippen molar-refractivity contribution in [3.8, 4) is 5.75 Å². The molecule has 0 aliphatic carbocycles. The number of H-pyrrole nitrogens is 1. The third-order valence-corrected chi connectivity index (χ3v) is 4.51. The zero-order valence-electron chi connectivity index (χ0n) is 15.2. The number of hydrogen-bond donors (Lipinski definition) is 1. The van der Waals surface area contributed by atoms with Crippen LogP contribution in [0.25, 0.3) is 10.9 Å². The minimum atomic E-state index is -0.163. The third kappa shape index (κ3) is 3.47. The molecule has 0 atom stereocenters. The van der Waals surface area contributed by atoms with Crippen molar-refractivity contribution in [3.05, 3.63) is 75.6 Å². The lowest BCUT2D eigenvalue weighted by Crippen LogP contribution is -2.32. The van der Waals surface area contributed by atoms with Gasteiger partial charge in [0, 0.05) is 17.7 Å². The fourth-order valence-electron chi connectivity index (χ4n) is 3.02. The normalized spacial score (nSPS) is 10.7. The smallest absolute Gasteiger partial charge is 0.254 e. The second kappa shape index (κ2) is 7.44. The average Bonchev–Trinajstić information content (AvgIpc) is 2.66. The molecule has 134 valence electrons. The van der Waals surface area contributed by atoms with Crippen molar-refractivity contribution in [2.45, 2.75) is 20.4 Å². The van der Waals surface area contributed by atoms with Gasteiger partial charge in [-0.25, -0.2) is 0 Å². The van der Waals surface area contributed by atoms with Crippen LogP contribution in [0.5, 0.6) is 5.75 Å². The molecule has 26 heavy (non-hydrogen) atoms. The lowest BCUT2D eigenvalue weighted by molar-refractivity contribution is 0.0751. The van der Waals surface area contributed by atoms with E-state index in [2.05, 4.69) is 4.98 Å². The molecule has 5 nitrogen and oxygen atoms in total. The van der Waals surface area contributed by atoms with Crippen LogP contribution < -0.4 is 10.3 Å². The Hall–Kier alpha value is -3.08. The first-order chi connectivity index (χ1) is 12.5. The van der Waals surface area contributed by atoms with Gasteiger partial charge in [0.25, 0.3) is 11.5 Å². The molecule has 3 rings (SSSR count). The number of methoxy groups -OCH3 is 1. The molecule has 0 aliphatic rings. The van der Waals surface area contributed by atoms with E-state index in [9.17, 15) is 9.59 Å². The summed E-state index contributed by atoms with van der Waals surface area (Å²) in [4.78, 5) is 29.9. The van der Waals surface area contributed by atoms with Crippen molar-refractivity contribution >= 4 is 16.8 Å². The summed E-state index contributed by atoms with van der Waals surface area (Å²) in [6, 6.07) is 14.8. The van der Waals surface area contributed by atoms with Gasteiger partial charge >= 0.3 is 0 Å². The molecule has 0 unspecified atom stereocenters. The molecular formula is C21H22N2O3. The van der Waals surface area contributed by atoms with Crippen LogP contribution >= 0.6 is 0 Å². The largest absolute Gasteiger partial charge is 0.497 e. The van der Waals surface area contributed by atoms with Gasteiger partial charge < -0.3 is 14.6 Å². The number of aryl methyl sites for hydroxylation is 1. The van der Waals surface area contributed by atoms with Crippen LogP contribution in [0.1, 0.15) is 28.4 Å². The maximum absolute atomic E-state index is 12.8. The number of ether oxygens (including phenoxy) is 1. The van der Waals surface area contributed by atoms with Gasteiger partial charge in [0.05, 0.1) is 19.2 Å². The molecular weight excluding hydrogens is 328 g/mol. The van der Waals surface area contributed by atoms with Crippen LogP contribution in [0, 0.1) is 6.92 Å². The van der Waals surface area contributed by atoms with Crippen LogP contribution in [0.4, 0.5) is 0 Å². The highest BCUT2D eigenvalue weighted by Gasteiger charge is 2.17. The van der Waals surface area contributed by atoms with Crippen LogP contribution in [-0.2, 0) is 6.54 Å². The molecule has 0 saturated carbocycles. The SMILES string of the molecule is CCN(Cc1cc2cccc(C)c2[nH]c1=O)C(=O)c1cccc(OC)c1. The van der Waals surface area contributed by atoms with E-state index in [4.69, 9.17) is 4.74 Å². The van der Waals surface area contributed by atoms with Gasteiger partial charge in [-0.1, -0.05) is 24.3 Å². The number of nitrogens with one attached hydrogen (secondary N) is 1. The number of fused-ring (bicyclic) bond motifs is 1. The van der Waals surface area contributed by atoms with Crippen LogP contribution in [0.15, 0.2) is 53.3 Å². The maximum atomic E-state index is 12.8. The molecule has 1 amide bonds. The van der Waals surface area contributed by atoms with Crippen LogP contribution in [-0.4, -0.2) is 29.4 Å². The molecule has 0 aliphatic heterocycles. The molecule has 3 aromatic rings. The zero-order valence-corrected chi connectivity index (χ0v) is 15.2.